The molecule has 0 atom stereocenters. The summed E-state index contributed by atoms with van der Waals surface area (Å²) in [6, 6.07) is 6.72. The van der Waals surface area contributed by atoms with Crippen molar-refractivity contribution in [2.75, 3.05) is 6.26 Å². The van der Waals surface area contributed by atoms with Crippen molar-refractivity contribution in [1.29, 1.82) is 0 Å². The predicted octanol–water partition coefficient (Wildman–Crippen LogP) is 4.01. The van der Waals surface area contributed by atoms with Gasteiger partial charge in [-0.15, -0.1) is 11.8 Å². The van der Waals surface area contributed by atoms with Gasteiger partial charge in [0.15, 0.2) is 0 Å². The third kappa shape index (κ3) is 2.50. The van der Waals surface area contributed by atoms with Crippen LogP contribution in [0.1, 0.15) is 31.9 Å². The first-order valence-corrected chi connectivity index (χ1v) is 5.83. The number of rotatable bonds is 1. The van der Waals surface area contributed by atoms with Crippen LogP contribution in [-0.4, -0.2) is 6.26 Å². The summed E-state index contributed by atoms with van der Waals surface area (Å²) in [5, 5.41) is 0. The fourth-order valence-electron chi connectivity index (χ4n) is 1.42. The summed E-state index contributed by atoms with van der Waals surface area (Å²) in [6.07, 6.45) is 2.14. The van der Waals surface area contributed by atoms with Crippen molar-refractivity contribution in [2.45, 2.75) is 38.0 Å². The first-order valence-electron chi connectivity index (χ1n) is 4.60. The zero-order chi connectivity index (χ0) is 10.1. The van der Waals surface area contributed by atoms with Gasteiger partial charge in [0.25, 0.3) is 0 Å². The van der Waals surface area contributed by atoms with Crippen molar-refractivity contribution in [3.63, 3.8) is 0 Å². The van der Waals surface area contributed by atoms with Crippen molar-refractivity contribution in [2.24, 2.45) is 0 Å². The van der Waals surface area contributed by atoms with Crippen LogP contribution in [0.4, 0.5) is 0 Å². The van der Waals surface area contributed by atoms with Crippen molar-refractivity contribution in [3.8, 4) is 0 Å². The SMILES string of the molecule is CSc1cc(C)ccc1C(C)(C)C. The van der Waals surface area contributed by atoms with Gasteiger partial charge in [-0.1, -0.05) is 38.5 Å². The van der Waals surface area contributed by atoms with Crippen LogP contribution >= 0.6 is 11.8 Å². The van der Waals surface area contributed by atoms with E-state index in [0.717, 1.165) is 0 Å². The molecule has 0 aliphatic rings. The molecule has 0 nitrogen and oxygen atoms in total. The Bertz CT molecular complexity index is 294. The molecular weight excluding hydrogens is 176 g/mol. The van der Waals surface area contributed by atoms with Crippen LogP contribution in [0.5, 0.6) is 0 Å². The molecule has 0 fully saturated rings. The van der Waals surface area contributed by atoms with E-state index in [1.165, 1.54) is 16.0 Å². The van der Waals surface area contributed by atoms with Crippen molar-refractivity contribution in [3.05, 3.63) is 29.3 Å². The average Bonchev–Trinajstić information content (AvgIpc) is 2.01. The van der Waals surface area contributed by atoms with E-state index in [-0.39, 0.29) is 5.41 Å². The second kappa shape index (κ2) is 3.75. The molecule has 0 aromatic heterocycles. The number of thioether (sulfide) groups is 1. The molecule has 0 heterocycles. The van der Waals surface area contributed by atoms with E-state index in [1.54, 1.807) is 0 Å². The van der Waals surface area contributed by atoms with E-state index >= 15 is 0 Å². The number of hydrogen-bond donors (Lipinski definition) is 0. The van der Waals surface area contributed by atoms with Crippen LogP contribution in [0.3, 0.4) is 0 Å². The Morgan fingerprint density at radius 2 is 1.77 bits per heavy atom. The largest absolute Gasteiger partial charge is 0.129 e. The predicted molar refractivity (Wildman–Crippen MR) is 61.7 cm³/mol. The minimum atomic E-state index is 0.256. The zero-order valence-electron chi connectivity index (χ0n) is 9.14. The van der Waals surface area contributed by atoms with Gasteiger partial charge in [-0.2, -0.15) is 0 Å². The van der Waals surface area contributed by atoms with Gasteiger partial charge in [-0.3, -0.25) is 0 Å². The Balaban J connectivity index is 3.22. The molecule has 0 saturated heterocycles. The monoisotopic (exact) mass is 194 g/mol. The molecule has 0 unspecified atom stereocenters. The first kappa shape index (κ1) is 10.6. The lowest BCUT2D eigenvalue weighted by molar-refractivity contribution is 0.578. The quantitative estimate of drug-likeness (QED) is 0.609. The highest BCUT2D eigenvalue weighted by atomic mass is 32.2. The highest BCUT2D eigenvalue weighted by molar-refractivity contribution is 7.98. The Labute approximate surface area is 85.7 Å². The van der Waals surface area contributed by atoms with Crippen molar-refractivity contribution in [1.82, 2.24) is 0 Å². The van der Waals surface area contributed by atoms with Gasteiger partial charge in [-0.25, -0.2) is 0 Å². The normalized spacial score (nSPS) is 11.8. The van der Waals surface area contributed by atoms with E-state index in [1.807, 2.05) is 11.8 Å². The highest BCUT2D eigenvalue weighted by Gasteiger charge is 2.16. The van der Waals surface area contributed by atoms with E-state index in [4.69, 9.17) is 0 Å². The van der Waals surface area contributed by atoms with Crippen LogP contribution in [0.25, 0.3) is 0 Å². The molecule has 0 aliphatic heterocycles. The fourth-order valence-corrected chi connectivity index (χ4v) is 2.32. The van der Waals surface area contributed by atoms with Crippen LogP contribution in [-0.2, 0) is 5.41 Å². The van der Waals surface area contributed by atoms with Crippen LogP contribution in [0, 0.1) is 6.92 Å². The maximum atomic E-state index is 2.27. The van der Waals surface area contributed by atoms with Gasteiger partial charge < -0.3 is 0 Å². The lowest BCUT2D eigenvalue weighted by atomic mass is 9.86. The topological polar surface area (TPSA) is 0 Å². The average molecular weight is 194 g/mol. The van der Waals surface area contributed by atoms with Gasteiger partial charge in [0.2, 0.25) is 0 Å². The number of hydrogen-bond acceptors (Lipinski definition) is 1. The van der Waals surface area contributed by atoms with Crippen molar-refractivity contribution < 1.29 is 0 Å². The summed E-state index contributed by atoms with van der Waals surface area (Å²) >= 11 is 1.84. The van der Waals surface area contributed by atoms with Gasteiger partial charge >= 0.3 is 0 Å². The molecule has 0 aliphatic carbocycles. The molecule has 1 aromatic carbocycles. The third-order valence-electron chi connectivity index (χ3n) is 2.17. The standard InChI is InChI=1S/C12H18S/c1-9-6-7-10(12(2,3)4)11(8-9)13-5/h6-8H,1-5H3. The summed E-state index contributed by atoms with van der Waals surface area (Å²) in [5.41, 5.74) is 3.05. The van der Waals surface area contributed by atoms with Crippen LogP contribution < -0.4 is 0 Å². The second-order valence-corrected chi connectivity index (χ2v) is 5.30. The molecule has 0 amide bonds. The molecule has 1 aromatic rings. The minimum Gasteiger partial charge on any atom is -0.129 e. The molecule has 0 saturated carbocycles. The maximum Gasteiger partial charge on any atom is 0.0109 e. The summed E-state index contributed by atoms with van der Waals surface area (Å²) in [6.45, 7) is 8.93. The molecule has 1 heteroatoms. The van der Waals surface area contributed by atoms with Crippen LogP contribution in [0.15, 0.2) is 23.1 Å². The van der Waals surface area contributed by atoms with E-state index in [9.17, 15) is 0 Å². The van der Waals surface area contributed by atoms with E-state index in [2.05, 4.69) is 52.1 Å². The summed E-state index contributed by atoms with van der Waals surface area (Å²) in [7, 11) is 0. The molecule has 13 heavy (non-hydrogen) atoms. The lowest BCUT2D eigenvalue weighted by Crippen LogP contribution is -2.12. The maximum absolute atomic E-state index is 2.27. The minimum absolute atomic E-state index is 0.256. The summed E-state index contributed by atoms with van der Waals surface area (Å²) < 4.78 is 0. The molecule has 1 rings (SSSR count). The Morgan fingerprint density at radius 3 is 2.23 bits per heavy atom. The highest BCUT2D eigenvalue weighted by Crippen LogP contribution is 2.31. The van der Waals surface area contributed by atoms with E-state index in [0.29, 0.717) is 0 Å². The zero-order valence-corrected chi connectivity index (χ0v) is 9.96. The molecule has 72 valence electrons. The Hall–Kier alpha value is -0.430. The Kier molecular flexibility index (Phi) is 3.07. The third-order valence-corrected chi connectivity index (χ3v) is 2.94. The van der Waals surface area contributed by atoms with Gasteiger partial charge in [0.1, 0.15) is 0 Å². The molecule has 0 spiro atoms. The van der Waals surface area contributed by atoms with Gasteiger partial charge in [-0.05, 0) is 30.2 Å². The lowest BCUT2D eigenvalue weighted by Gasteiger charge is -2.22. The second-order valence-electron chi connectivity index (χ2n) is 4.45. The Morgan fingerprint density at radius 1 is 1.15 bits per heavy atom. The number of aryl methyl sites for hydroxylation is 1. The smallest absolute Gasteiger partial charge is 0.0109 e. The van der Waals surface area contributed by atoms with Crippen molar-refractivity contribution >= 4 is 11.8 Å². The molecule has 0 radical (unpaired) electrons. The van der Waals surface area contributed by atoms with Gasteiger partial charge in [0.05, 0.1) is 0 Å². The summed E-state index contributed by atoms with van der Waals surface area (Å²) in [5.74, 6) is 0. The molecular formula is C12H18S. The first-order chi connectivity index (χ1) is 5.95. The molecule has 0 bridgehead atoms. The van der Waals surface area contributed by atoms with Crippen LogP contribution in [0.2, 0.25) is 0 Å². The van der Waals surface area contributed by atoms with Gasteiger partial charge in [0, 0.05) is 4.90 Å². The number of benzene rings is 1. The fraction of sp³-hybridized carbons (Fsp3) is 0.500. The summed E-state index contributed by atoms with van der Waals surface area (Å²) in [4.78, 5) is 1.41. The molecule has 0 N–H and O–H groups in total. The van der Waals surface area contributed by atoms with E-state index < -0.39 is 0 Å².